The summed E-state index contributed by atoms with van der Waals surface area (Å²) in [6.45, 7) is 16.6. The Morgan fingerprint density at radius 3 is 2.32 bits per heavy atom. The molecule has 38 heavy (non-hydrogen) atoms. The Morgan fingerprint density at radius 1 is 0.842 bits per heavy atom. The second kappa shape index (κ2) is 14.0. The van der Waals surface area contributed by atoms with Gasteiger partial charge in [-0.1, -0.05) is 65.5 Å². The summed E-state index contributed by atoms with van der Waals surface area (Å²) in [5.74, 6) is 5.43. The first-order valence-corrected chi connectivity index (χ1v) is 16.2. The third-order valence-corrected chi connectivity index (χ3v) is 11.6. The molecule has 8 atom stereocenters. The standard InChI is InChI=1S/C34H60O4/c1-25(2)8-7-9-26(3)30-12-13-31-29-11-10-27-24-28(38-23-22-37-21-20-36-19-18-35-6)14-16-33(27,4)32(29)15-17-34(30,31)5/h10,25-26,28-32H,7-9,11-24H2,1-6H3/t26-,28?,29+,30-,31+,32+,33+,34-/m1/s1. The summed E-state index contributed by atoms with van der Waals surface area (Å²) in [6.07, 6.45) is 18.2. The van der Waals surface area contributed by atoms with Crippen molar-refractivity contribution in [2.24, 2.45) is 46.3 Å². The molecule has 0 amide bonds. The van der Waals surface area contributed by atoms with Crippen molar-refractivity contribution in [3.63, 3.8) is 0 Å². The minimum absolute atomic E-state index is 0.365. The van der Waals surface area contributed by atoms with Crippen LogP contribution in [0.1, 0.15) is 105 Å². The molecule has 1 unspecified atom stereocenters. The van der Waals surface area contributed by atoms with Crippen LogP contribution in [0.5, 0.6) is 0 Å². The Kier molecular flexibility index (Phi) is 11.2. The van der Waals surface area contributed by atoms with Gasteiger partial charge in [0.25, 0.3) is 0 Å². The van der Waals surface area contributed by atoms with Gasteiger partial charge in [-0.05, 0) is 97.7 Å². The van der Waals surface area contributed by atoms with E-state index in [4.69, 9.17) is 18.9 Å². The van der Waals surface area contributed by atoms with E-state index in [2.05, 4.69) is 40.7 Å². The lowest BCUT2D eigenvalue weighted by atomic mass is 9.47. The minimum atomic E-state index is 0.365. The first-order chi connectivity index (χ1) is 18.3. The third-order valence-electron chi connectivity index (χ3n) is 11.6. The number of rotatable bonds is 15. The van der Waals surface area contributed by atoms with Gasteiger partial charge in [0.2, 0.25) is 0 Å². The lowest BCUT2D eigenvalue weighted by Crippen LogP contribution is -2.51. The molecule has 0 radical (unpaired) electrons. The van der Waals surface area contributed by atoms with Crippen LogP contribution < -0.4 is 0 Å². The number of fused-ring (bicyclic) bond motifs is 5. The van der Waals surface area contributed by atoms with Crippen molar-refractivity contribution in [2.75, 3.05) is 46.8 Å². The predicted molar refractivity (Wildman–Crippen MR) is 156 cm³/mol. The van der Waals surface area contributed by atoms with Crippen molar-refractivity contribution in [3.8, 4) is 0 Å². The van der Waals surface area contributed by atoms with Crippen molar-refractivity contribution < 1.29 is 18.9 Å². The maximum atomic E-state index is 6.30. The fourth-order valence-electron chi connectivity index (χ4n) is 9.53. The van der Waals surface area contributed by atoms with Gasteiger partial charge in [-0.25, -0.2) is 0 Å². The molecule has 4 rings (SSSR count). The van der Waals surface area contributed by atoms with E-state index >= 15 is 0 Å². The van der Waals surface area contributed by atoms with E-state index in [9.17, 15) is 0 Å². The minimum Gasteiger partial charge on any atom is -0.382 e. The number of hydrogen-bond acceptors (Lipinski definition) is 4. The Balaban J connectivity index is 1.26. The Morgan fingerprint density at radius 2 is 1.58 bits per heavy atom. The topological polar surface area (TPSA) is 36.9 Å². The van der Waals surface area contributed by atoms with Crippen LogP contribution in [0.15, 0.2) is 11.6 Å². The van der Waals surface area contributed by atoms with Crippen molar-refractivity contribution in [1.82, 2.24) is 0 Å². The molecule has 3 saturated carbocycles. The zero-order valence-electron chi connectivity index (χ0n) is 25.8. The molecular weight excluding hydrogens is 472 g/mol. The maximum absolute atomic E-state index is 6.30. The average Bonchev–Trinajstić information content (AvgIpc) is 3.25. The molecule has 0 aromatic rings. The highest BCUT2D eigenvalue weighted by molar-refractivity contribution is 5.25. The van der Waals surface area contributed by atoms with E-state index in [0.717, 1.165) is 41.9 Å². The smallest absolute Gasteiger partial charge is 0.0704 e. The summed E-state index contributed by atoms with van der Waals surface area (Å²) in [5.41, 5.74) is 2.71. The fraction of sp³-hybridized carbons (Fsp3) is 0.941. The molecule has 0 N–H and O–H groups in total. The van der Waals surface area contributed by atoms with E-state index in [0.29, 0.717) is 56.6 Å². The van der Waals surface area contributed by atoms with Gasteiger partial charge in [0.1, 0.15) is 0 Å². The van der Waals surface area contributed by atoms with Gasteiger partial charge < -0.3 is 18.9 Å². The largest absolute Gasteiger partial charge is 0.382 e. The quantitative estimate of drug-likeness (QED) is 0.158. The zero-order valence-corrected chi connectivity index (χ0v) is 25.8. The molecule has 4 heteroatoms. The number of hydrogen-bond donors (Lipinski definition) is 0. The highest BCUT2D eigenvalue weighted by Gasteiger charge is 2.59. The maximum Gasteiger partial charge on any atom is 0.0704 e. The molecular formula is C34H60O4. The first-order valence-electron chi connectivity index (χ1n) is 16.2. The molecule has 0 bridgehead atoms. The second-order valence-corrected chi connectivity index (χ2v) is 14.2. The molecule has 3 fully saturated rings. The Bertz CT molecular complexity index is 749. The van der Waals surface area contributed by atoms with Gasteiger partial charge in [0.15, 0.2) is 0 Å². The lowest BCUT2D eigenvalue weighted by Gasteiger charge is -2.58. The number of ether oxygens (including phenoxy) is 4. The second-order valence-electron chi connectivity index (χ2n) is 14.2. The van der Waals surface area contributed by atoms with E-state index in [1.165, 1.54) is 64.2 Å². The summed E-state index contributed by atoms with van der Waals surface area (Å²) in [5, 5.41) is 0. The summed E-state index contributed by atoms with van der Waals surface area (Å²) in [6, 6.07) is 0. The van der Waals surface area contributed by atoms with Crippen molar-refractivity contribution >= 4 is 0 Å². The Labute approximate surface area is 235 Å². The van der Waals surface area contributed by atoms with E-state index in [1.807, 2.05) is 0 Å². The van der Waals surface area contributed by atoms with Crippen LogP contribution in [0.4, 0.5) is 0 Å². The molecule has 0 aromatic heterocycles. The number of allylic oxidation sites excluding steroid dienone is 1. The van der Waals surface area contributed by atoms with Crippen LogP contribution in [0.2, 0.25) is 0 Å². The SMILES string of the molecule is COCCOCCOCCOC1CC[C@@]2(C)C(=CC[C@H]3[C@@H]4CC[C@H]([C@H](C)CCCC(C)C)[C@@]4(C)CC[C@@H]32)C1. The van der Waals surface area contributed by atoms with Crippen LogP contribution in [-0.4, -0.2) is 52.9 Å². The molecule has 0 aliphatic heterocycles. The van der Waals surface area contributed by atoms with Gasteiger partial charge >= 0.3 is 0 Å². The molecule has 0 heterocycles. The highest BCUT2D eigenvalue weighted by Crippen LogP contribution is 2.67. The number of methoxy groups -OCH3 is 1. The van der Waals surface area contributed by atoms with E-state index in [1.54, 1.807) is 12.7 Å². The Hall–Kier alpha value is -0.420. The highest BCUT2D eigenvalue weighted by atomic mass is 16.6. The fourth-order valence-corrected chi connectivity index (χ4v) is 9.53. The van der Waals surface area contributed by atoms with Crippen LogP contribution in [0.25, 0.3) is 0 Å². The van der Waals surface area contributed by atoms with Gasteiger partial charge in [-0.3, -0.25) is 0 Å². The van der Waals surface area contributed by atoms with Gasteiger partial charge in [0, 0.05) is 7.11 Å². The zero-order chi connectivity index (χ0) is 27.2. The molecule has 0 saturated heterocycles. The first kappa shape index (κ1) is 30.5. The molecule has 4 aliphatic carbocycles. The summed E-state index contributed by atoms with van der Waals surface area (Å²) >= 11 is 0. The monoisotopic (exact) mass is 532 g/mol. The van der Waals surface area contributed by atoms with E-state index in [-0.39, 0.29) is 0 Å². The molecule has 0 spiro atoms. The van der Waals surface area contributed by atoms with Crippen LogP contribution in [0, 0.1) is 46.3 Å². The molecule has 0 aromatic carbocycles. The third kappa shape index (κ3) is 6.89. The van der Waals surface area contributed by atoms with Gasteiger partial charge in [-0.2, -0.15) is 0 Å². The summed E-state index contributed by atoms with van der Waals surface area (Å²) in [4.78, 5) is 0. The normalized spacial score (nSPS) is 37.4. The molecule has 4 aliphatic rings. The lowest BCUT2D eigenvalue weighted by molar-refractivity contribution is -0.0690. The van der Waals surface area contributed by atoms with Crippen LogP contribution >= 0.6 is 0 Å². The van der Waals surface area contributed by atoms with E-state index < -0.39 is 0 Å². The summed E-state index contributed by atoms with van der Waals surface area (Å²) in [7, 11) is 1.69. The van der Waals surface area contributed by atoms with Crippen molar-refractivity contribution in [2.45, 2.75) is 111 Å². The molecule has 220 valence electrons. The van der Waals surface area contributed by atoms with Crippen molar-refractivity contribution in [3.05, 3.63) is 11.6 Å². The summed E-state index contributed by atoms with van der Waals surface area (Å²) < 4.78 is 22.5. The van der Waals surface area contributed by atoms with Crippen molar-refractivity contribution in [1.29, 1.82) is 0 Å². The molecule has 4 nitrogen and oxygen atoms in total. The van der Waals surface area contributed by atoms with Crippen LogP contribution in [0.3, 0.4) is 0 Å². The van der Waals surface area contributed by atoms with Gasteiger partial charge in [-0.15, -0.1) is 0 Å². The predicted octanol–water partition coefficient (Wildman–Crippen LogP) is 8.09. The van der Waals surface area contributed by atoms with Gasteiger partial charge in [0.05, 0.1) is 45.7 Å². The van der Waals surface area contributed by atoms with Crippen LogP contribution in [-0.2, 0) is 18.9 Å². The average molecular weight is 533 g/mol.